The van der Waals surface area contributed by atoms with E-state index in [2.05, 4.69) is 63.7 Å². The van der Waals surface area contributed by atoms with Crippen LogP contribution in [0.1, 0.15) is 217 Å². The van der Waals surface area contributed by atoms with Gasteiger partial charge in [-0.2, -0.15) is 0 Å². The van der Waals surface area contributed by atoms with E-state index in [9.17, 15) is 28.8 Å². The molecule has 12 fully saturated rings. The summed E-state index contributed by atoms with van der Waals surface area (Å²) >= 11 is 4.31. The molecular formula is C76H104O12S. The molecule has 3 aromatic rings. The van der Waals surface area contributed by atoms with Crippen molar-refractivity contribution in [1.29, 1.82) is 0 Å². The highest BCUT2D eigenvalue weighted by Crippen LogP contribution is 2.61. The van der Waals surface area contributed by atoms with E-state index >= 15 is 0 Å². The molecule has 0 heterocycles. The van der Waals surface area contributed by atoms with E-state index in [1.54, 1.807) is 0 Å². The van der Waals surface area contributed by atoms with Gasteiger partial charge in [0.2, 0.25) is 0 Å². The van der Waals surface area contributed by atoms with Gasteiger partial charge in [-0.15, -0.1) is 12.6 Å². The standard InChI is InChI=1S/C27H38O4.C25H34O4.C24H32O4S/c1-7-27(5,6)26(29)31-24-21-11-19-12-22(24)14-20(13-21)23(19)25(28)30-17(4)18-9-15(2)8-16(3)10-18;1-5-15(3)24(26)29-23-20-10-18-11-21(23)13-19(12-20)22(18)25(27)28-16(4)17-8-6-14(2)7-9-17;1-4-13(2)23(25)28-22-18-9-16-10-19(22)12-17(11-18)21(16)24(26)27-14(3)15-5-7-20(29)8-6-15/h8-10,17,19-24H,7,11-14H2,1-6H3;6-9,15-16,18-23H,5,10-13H2,1-4H3;5-8,13-14,16-19,21-22,29H,4,9-12H2,1-3H3. The maximum atomic E-state index is 13.2. The molecule has 0 aromatic heterocycles. The molecule has 15 rings (SSSR count). The Bertz CT molecular complexity index is 2760. The Kier molecular flexibility index (Phi) is 21.0. The van der Waals surface area contributed by atoms with Crippen molar-refractivity contribution < 1.29 is 57.2 Å². The lowest BCUT2D eigenvalue weighted by Gasteiger charge is -2.56. The Morgan fingerprint density at radius 3 is 1.01 bits per heavy atom. The summed E-state index contributed by atoms with van der Waals surface area (Å²) < 4.78 is 35.8. The number of esters is 6. The van der Waals surface area contributed by atoms with E-state index in [1.807, 2.05) is 106 Å². The largest absolute Gasteiger partial charge is 0.462 e. The molecule has 0 spiro atoms. The average Bonchev–Trinajstić information content (AvgIpc) is 0.827. The van der Waals surface area contributed by atoms with Crippen molar-refractivity contribution >= 4 is 48.4 Å². The first-order chi connectivity index (χ1) is 42.3. The molecule has 5 unspecified atom stereocenters. The Labute approximate surface area is 536 Å². The summed E-state index contributed by atoms with van der Waals surface area (Å²) in [5, 5.41) is 0. The Hall–Kier alpha value is -5.17. The number of hydrogen-bond donors (Lipinski definition) is 1. The number of carbonyl (C=O) groups is 6. The van der Waals surface area contributed by atoms with Crippen molar-refractivity contribution in [3.63, 3.8) is 0 Å². The third-order valence-corrected chi connectivity index (χ3v) is 23.9. The minimum Gasteiger partial charge on any atom is -0.462 e. The first-order valence-corrected chi connectivity index (χ1v) is 34.9. The molecular weight excluding hydrogens is 1140 g/mol. The van der Waals surface area contributed by atoms with Crippen molar-refractivity contribution in [3.8, 4) is 0 Å². The van der Waals surface area contributed by atoms with Crippen molar-refractivity contribution in [1.82, 2.24) is 0 Å². The van der Waals surface area contributed by atoms with Crippen LogP contribution in [-0.4, -0.2) is 54.1 Å². The maximum absolute atomic E-state index is 13.2. The SMILES string of the molecule is CCC(C)(C)C(=O)OC1C2CC3CC1CC(C2)C3C(=O)OC(C)c1cc(C)cc(C)c1.CCC(C)C(=O)OC1C2CC3CC1CC(C2)C3C(=O)OC(C)c1ccc(C)cc1.CCC(C)C(=O)OC1C2CC3CC1CC(C2)C3C(=O)OC(C)c1ccc(S)cc1. The third-order valence-electron chi connectivity index (χ3n) is 23.6. The van der Waals surface area contributed by atoms with Gasteiger partial charge in [-0.05, 0) is 252 Å². The molecule has 0 saturated heterocycles. The van der Waals surface area contributed by atoms with Gasteiger partial charge in [0.05, 0.1) is 35.0 Å². The normalized spacial score (nSPS) is 33.8. The van der Waals surface area contributed by atoms with Crippen molar-refractivity contribution in [3.05, 3.63) is 100 Å². The van der Waals surface area contributed by atoms with Crippen LogP contribution in [0.2, 0.25) is 0 Å². The highest BCUT2D eigenvalue weighted by molar-refractivity contribution is 7.80. The molecule has 12 aliphatic carbocycles. The molecule has 89 heavy (non-hydrogen) atoms. The van der Waals surface area contributed by atoms with Gasteiger partial charge in [-0.3, -0.25) is 28.8 Å². The van der Waals surface area contributed by atoms with Crippen LogP contribution in [0.4, 0.5) is 0 Å². The number of hydrogen-bond acceptors (Lipinski definition) is 13. The third kappa shape index (κ3) is 14.7. The molecule has 486 valence electrons. The zero-order valence-electron chi connectivity index (χ0n) is 55.6. The van der Waals surface area contributed by atoms with Gasteiger partial charge in [0.1, 0.15) is 36.6 Å². The molecule has 13 heteroatoms. The second kappa shape index (κ2) is 28.0. The molecule has 12 bridgehead atoms. The molecule has 12 saturated carbocycles. The highest BCUT2D eigenvalue weighted by atomic mass is 32.1. The predicted octanol–water partition coefficient (Wildman–Crippen LogP) is 16.4. The van der Waals surface area contributed by atoms with Gasteiger partial charge in [0, 0.05) is 4.90 Å². The average molecular weight is 1240 g/mol. The number of thiol groups is 1. The summed E-state index contributed by atoms with van der Waals surface area (Å²) in [6.45, 7) is 26.0. The smallest absolute Gasteiger partial charge is 0.311 e. The van der Waals surface area contributed by atoms with Crippen LogP contribution in [0.15, 0.2) is 71.6 Å². The number of ether oxygens (including phenoxy) is 6. The summed E-state index contributed by atoms with van der Waals surface area (Å²) in [4.78, 5) is 77.5. The molecule has 0 radical (unpaired) electrons. The van der Waals surface area contributed by atoms with E-state index in [1.165, 1.54) is 16.7 Å². The topological polar surface area (TPSA) is 158 Å². The zero-order valence-corrected chi connectivity index (χ0v) is 56.5. The number of rotatable bonds is 18. The first-order valence-electron chi connectivity index (χ1n) is 34.5. The van der Waals surface area contributed by atoms with Crippen LogP contribution in [-0.2, 0) is 57.2 Å². The van der Waals surface area contributed by atoms with Gasteiger partial charge in [0.15, 0.2) is 0 Å². The van der Waals surface area contributed by atoms with Crippen LogP contribution >= 0.6 is 12.6 Å². The lowest BCUT2D eigenvalue weighted by molar-refractivity contribution is -0.195. The maximum Gasteiger partial charge on any atom is 0.311 e. The Morgan fingerprint density at radius 1 is 0.416 bits per heavy atom. The van der Waals surface area contributed by atoms with Gasteiger partial charge < -0.3 is 28.4 Å². The molecule has 5 atom stereocenters. The number of carbonyl (C=O) groups excluding carboxylic acids is 6. The molecule has 0 amide bonds. The van der Waals surface area contributed by atoms with Gasteiger partial charge >= 0.3 is 35.8 Å². The monoisotopic (exact) mass is 1240 g/mol. The second-order valence-electron chi connectivity index (χ2n) is 30.2. The first kappa shape index (κ1) is 66.7. The summed E-state index contributed by atoms with van der Waals surface area (Å²) in [7, 11) is 0. The number of benzene rings is 3. The molecule has 0 N–H and O–H groups in total. The minimum atomic E-state index is -0.425. The quantitative estimate of drug-likeness (QED) is 0.0731. The summed E-state index contributed by atoms with van der Waals surface area (Å²) in [5.41, 5.74) is 6.28. The van der Waals surface area contributed by atoms with Crippen molar-refractivity contribution in [2.45, 2.75) is 228 Å². The fraction of sp³-hybridized carbons (Fsp3) is 0.684. The highest BCUT2D eigenvalue weighted by Gasteiger charge is 2.60. The van der Waals surface area contributed by atoms with E-state index in [-0.39, 0.29) is 102 Å². The molecule has 12 nitrogen and oxygen atoms in total. The second-order valence-corrected chi connectivity index (χ2v) is 30.7. The van der Waals surface area contributed by atoms with E-state index in [4.69, 9.17) is 28.4 Å². The van der Waals surface area contributed by atoms with Gasteiger partial charge in [-0.1, -0.05) is 106 Å². The van der Waals surface area contributed by atoms with Crippen molar-refractivity contribution in [2.24, 2.45) is 106 Å². The summed E-state index contributed by atoms with van der Waals surface area (Å²) in [6.07, 6.45) is 13.7. The van der Waals surface area contributed by atoms with Crippen LogP contribution in [0.25, 0.3) is 0 Å². The molecule has 12 aliphatic rings. The molecule has 3 aromatic carbocycles. The Balaban J connectivity index is 0.000000147. The predicted molar refractivity (Wildman–Crippen MR) is 345 cm³/mol. The summed E-state index contributed by atoms with van der Waals surface area (Å²) in [5.74, 6) is 4.41. The van der Waals surface area contributed by atoms with Crippen LogP contribution < -0.4 is 0 Å². The van der Waals surface area contributed by atoms with Crippen LogP contribution in [0.3, 0.4) is 0 Å². The van der Waals surface area contributed by atoms with Crippen LogP contribution in [0.5, 0.6) is 0 Å². The van der Waals surface area contributed by atoms with Gasteiger partial charge in [0.25, 0.3) is 0 Å². The van der Waals surface area contributed by atoms with Crippen molar-refractivity contribution in [2.75, 3.05) is 0 Å². The lowest BCUT2D eigenvalue weighted by Crippen LogP contribution is -2.56. The van der Waals surface area contributed by atoms with Crippen LogP contribution in [0, 0.1) is 127 Å². The van der Waals surface area contributed by atoms with E-state index < -0.39 is 5.41 Å². The van der Waals surface area contributed by atoms with Gasteiger partial charge in [-0.25, -0.2) is 0 Å². The molecule has 0 aliphatic heterocycles. The fourth-order valence-corrected chi connectivity index (χ4v) is 18.4. The van der Waals surface area contributed by atoms with E-state index in [0.29, 0.717) is 71.0 Å². The lowest BCUT2D eigenvalue weighted by atomic mass is 9.50. The fourth-order valence-electron chi connectivity index (χ4n) is 18.3. The number of aryl methyl sites for hydroxylation is 3. The summed E-state index contributed by atoms with van der Waals surface area (Å²) in [6, 6.07) is 22.3. The zero-order chi connectivity index (χ0) is 63.9. The Morgan fingerprint density at radius 2 is 0.708 bits per heavy atom. The van der Waals surface area contributed by atoms with E-state index in [0.717, 1.165) is 118 Å². The minimum absolute atomic E-state index is 0.000295.